The highest BCUT2D eigenvalue weighted by Crippen LogP contribution is 2.30. The summed E-state index contributed by atoms with van der Waals surface area (Å²) in [4.78, 5) is 12.2. The standard InChI is InChI=1S/C22H22N2O3/c1-2-3-4-5-9-14-26-20-12-13-21(19(16-24)18(20)15-23)27-22(25)17-10-7-6-8-11-17/h6-8,10-13H,2-5,9,14H2,1H3. The maximum absolute atomic E-state index is 12.2. The first-order chi connectivity index (χ1) is 13.2. The van der Waals surface area contributed by atoms with Crippen LogP contribution in [0.1, 0.15) is 60.5 Å². The van der Waals surface area contributed by atoms with Gasteiger partial charge in [-0.25, -0.2) is 4.79 Å². The Morgan fingerprint density at radius 1 is 0.889 bits per heavy atom. The van der Waals surface area contributed by atoms with Gasteiger partial charge >= 0.3 is 5.97 Å². The molecule has 2 aromatic carbocycles. The number of nitriles is 2. The molecule has 2 rings (SSSR count). The van der Waals surface area contributed by atoms with Crippen LogP contribution in [0.4, 0.5) is 0 Å². The maximum atomic E-state index is 12.2. The van der Waals surface area contributed by atoms with Gasteiger partial charge in [-0.05, 0) is 30.7 Å². The van der Waals surface area contributed by atoms with Crippen molar-refractivity contribution in [3.63, 3.8) is 0 Å². The molecule has 0 saturated heterocycles. The van der Waals surface area contributed by atoms with Crippen molar-refractivity contribution in [3.05, 3.63) is 59.2 Å². The molecule has 0 heterocycles. The second-order valence-corrected chi connectivity index (χ2v) is 6.05. The Kier molecular flexibility index (Phi) is 7.88. The third-order valence-electron chi connectivity index (χ3n) is 4.07. The fraction of sp³-hybridized carbons (Fsp3) is 0.318. The minimum atomic E-state index is -0.583. The minimum Gasteiger partial charge on any atom is -0.492 e. The first-order valence-corrected chi connectivity index (χ1v) is 9.08. The molecule has 0 aliphatic carbocycles. The minimum absolute atomic E-state index is 0.00487. The molecule has 2 aromatic rings. The molecule has 5 nitrogen and oxygen atoms in total. The molecule has 0 spiro atoms. The molecule has 27 heavy (non-hydrogen) atoms. The van der Waals surface area contributed by atoms with Gasteiger partial charge in [0.2, 0.25) is 0 Å². The SMILES string of the molecule is CCCCCCCOc1ccc(OC(=O)c2ccccc2)c(C#N)c1C#N. The van der Waals surface area contributed by atoms with Gasteiger partial charge in [-0.3, -0.25) is 0 Å². The highest BCUT2D eigenvalue weighted by Gasteiger charge is 2.18. The zero-order valence-corrected chi connectivity index (χ0v) is 15.4. The molecule has 0 bridgehead atoms. The number of hydrogen-bond acceptors (Lipinski definition) is 5. The highest BCUT2D eigenvalue weighted by atomic mass is 16.5. The van der Waals surface area contributed by atoms with Crippen molar-refractivity contribution in [1.29, 1.82) is 10.5 Å². The number of nitrogens with zero attached hydrogens (tertiary/aromatic N) is 2. The number of ether oxygens (including phenoxy) is 2. The van der Waals surface area contributed by atoms with Crippen LogP contribution in [-0.4, -0.2) is 12.6 Å². The van der Waals surface area contributed by atoms with Crippen LogP contribution in [0, 0.1) is 22.7 Å². The molecular formula is C22H22N2O3. The zero-order chi connectivity index (χ0) is 19.5. The number of esters is 1. The zero-order valence-electron chi connectivity index (χ0n) is 15.4. The van der Waals surface area contributed by atoms with Crippen LogP contribution in [0.5, 0.6) is 11.5 Å². The van der Waals surface area contributed by atoms with E-state index in [0.29, 0.717) is 17.9 Å². The molecule has 0 N–H and O–H groups in total. The quantitative estimate of drug-likeness (QED) is 0.356. The summed E-state index contributed by atoms with van der Waals surface area (Å²) in [6, 6.07) is 15.5. The van der Waals surface area contributed by atoms with Crippen LogP contribution in [-0.2, 0) is 0 Å². The third kappa shape index (κ3) is 5.59. The third-order valence-corrected chi connectivity index (χ3v) is 4.07. The molecule has 0 unspecified atom stereocenters. The molecule has 0 aromatic heterocycles. The first kappa shape index (κ1) is 20.0. The lowest BCUT2D eigenvalue weighted by Gasteiger charge is -2.12. The molecule has 0 atom stereocenters. The van der Waals surface area contributed by atoms with Gasteiger partial charge in [-0.15, -0.1) is 0 Å². The van der Waals surface area contributed by atoms with Crippen molar-refractivity contribution in [2.75, 3.05) is 6.61 Å². The van der Waals surface area contributed by atoms with E-state index in [9.17, 15) is 15.3 Å². The van der Waals surface area contributed by atoms with Gasteiger partial charge in [0.25, 0.3) is 0 Å². The molecular weight excluding hydrogens is 340 g/mol. The highest BCUT2D eigenvalue weighted by molar-refractivity contribution is 5.91. The topological polar surface area (TPSA) is 83.1 Å². The van der Waals surface area contributed by atoms with Crippen LogP contribution in [0.25, 0.3) is 0 Å². The molecule has 0 aliphatic heterocycles. The second kappa shape index (κ2) is 10.6. The van der Waals surface area contributed by atoms with Crippen LogP contribution >= 0.6 is 0 Å². The monoisotopic (exact) mass is 362 g/mol. The van der Waals surface area contributed by atoms with Crippen molar-refractivity contribution in [2.24, 2.45) is 0 Å². The van der Waals surface area contributed by atoms with E-state index in [1.807, 2.05) is 12.1 Å². The van der Waals surface area contributed by atoms with Crippen molar-refractivity contribution in [2.45, 2.75) is 39.0 Å². The lowest BCUT2D eigenvalue weighted by atomic mass is 10.1. The largest absolute Gasteiger partial charge is 0.492 e. The number of benzene rings is 2. The van der Waals surface area contributed by atoms with E-state index < -0.39 is 5.97 Å². The number of unbranched alkanes of at least 4 members (excludes halogenated alkanes) is 4. The molecule has 0 radical (unpaired) electrons. The fourth-order valence-electron chi connectivity index (χ4n) is 2.61. The van der Waals surface area contributed by atoms with E-state index in [-0.39, 0.29) is 16.9 Å². The van der Waals surface area contributed by atoms with E-state index in [4.69, 9.17) is 9.47 Å². The summed E-state index contributed by atoms with van der Waals surface area (Å²) in [5.41, 5.74) is 0.460. The van der Waals surface area contributed by atoms with Crippen molar-refractivity contribution in [1.82, 2.24) is 0 Å². The normalized spacial score (nSPS) is 9.89. The van der Waals surface area contributed by atoms with Crippen LogP contribution < -0.4 is 9.47 Å². The first-order valence-electron chi connectivity index (χ1n) is 9.08. The summed E-state index contributed by atoms with van der Waals surface area (Å²) >= 11 is 0. The Hall–Kier alpha value is -3.31. The Bertz CT molecular complexity index is 848. The lowest BCUT2D eigenvalue weighted by Crippen LogP contribution is -2.10. The Morgan fingerprint density at radius 2 is 1.52 bits per heavy atom. The van der Waals surface area contributed by atoms with Gasteiger partial charge < -0.3 is 9.47 Å². The molecule has 0 amide bonds. The van der Waals surface area contributed by atoms with Gasteiger partial charge in [0.05, 0.1) is 12.2 Å². The molecule has 0 saturated carbocycles. The molecule has 5 heteroatoms. The summed E-state index contributed by atoms with van der Waals surface area (Å²) in [5, 5.41) is 18.9. The summed E-state index contributed by atoms with van der Waals surface area (Å²) in [6.07, 6.45) is 5.48. The van der Waals surface area contributed by atoms with Gasteiger partial charge in [0.15, 0.2) is 5.75 Å². The average molecular weight is 362 g/mol. The van der Waals surface area contributed by atoms with Gasteiger partial charge in [-0.1, -0.05) is 50.8 Å². The lowest BCUT2D eigenvalue weighted by molar-refractivity contribution is 0.0734. The van der Waals surface area contributed by atoms with E-state index in [1.54, 1.807) is 36.4 Å². The maximum Gasteiger partial charge on any atom is 0.343 e. The van der Waals surface area contributed by atoms with Crippen molar-refractivity contribution >= 4 is 5.97 Å². The summed E-state index contributed by atoms with van der Waals surface area (Å²) in [5.74, 6) is -0.192. The van der Waals surface area contributed by atoms with E-state index >= 15 is 0 Å². The summed E-state index contributed by atoms with van der Waals surface area (Å²) in [7, 11) is 0. The number of carbonyl (C=O) groups is 1. The summed E-state index contributed by atoms with van der Waals surface area (Å²) in [6.45, 7) is 2.64. The van der Waals surface area contributed by atoms with Gasteiger partial charge in [-0.2, -0.15) is 10.5 Å². The second-order valence-electron chi connectivity index (χ2n) is 6.05. The van der Waals surface area contributed by atoms with Crippen molar-refractivity contribution < 1.29 is 14.3 Å². The van der Waals surface area contributed by atoms with E-state index in [2.05, 4.69) is 6.92 Å². The van der Waals surface area contributed by atoms with Gasteiger partial charge in [0, 0.05) is 0 Å². The van der Waals surface area contributed by atoms with Crippen LogP contribution in [0.2, 0.25) is 0 Å². The Morgan fingerprint density at radius 3 is 2.19 bits per heavy atom. The Balaban J connectivity index is 2.11. The molecule has 0 fully saturated rings. The van der Waals surface area contributed by atoms with Gasteiger partial charge in [0.1, 0.15) is 29.0 Å². The fourth-order valence-corrected chi connectivity index (χ4v) is 2.61. The van der Waals surface area contributed by atoms with E-state index in [0.717, 1.165) is 19.3 Å². The van der Waals surface area contributed by atoms with E-state index in [1.165, 1.54) is 18.9 Å². The molecule has 138 valence electrons. The number of hydrogen-bond donors (Lipinski definition) is 0. The van der Waals surface area contributed by atoms with Crippen molar-refractivity contribution in [3.8, 4) is 23.6 Å². The van der Waals surface area contributed by atoms with Crippen LogP contribution in [0.15, 0.2) is 42.5 Å². The Labute approximate surface area is 159 Å². The van der Waals surface area contributed by atoms with Crippen LogP contribution in [0.3, 0.4) is 0 Å². The smallest absolute Gasteiger partial charge is 0.343 e. The average Bonchev–Trinajstić information content (AvgIpc) is 2.71. The number of rotatable bonds is 9. The molecule has 0 aliphatic rings. The predicted molar refractivity (Wildman–Crippen MR) is 102 cm³/mol. The number of carbonyl (C=O) groups excluding carboxylic acids is 1. The predicted octanol–water partition coefficient (Wildman–Crippen LogP) is 5.00. The summed E-state index contributed by atoms with van der Waals surface area (Å²) < 4.78 is 11.0.